The molecular formula is C11H23NO4S. The van der Waals surface area contributed by atoms with Gasteiger partial charge in [-0.25, -0.2) is 0 Å². The predicted molar refractivity (Wildman–Crippen MR) is 69.2 cm³/mol. The van der Waals surface area contributed by atoms with Gasteiger partial charge in [0.1, 0.15) is 12.6 Å². The largest absolute Gasteiger partial charge is 0.462 e. The molecule has 102 valence electrons. The van der Waals surface area contributed by atoms with Crippen molar-refractivity contribution in [3.63, 3.8) is 0 Å². The molecule has 0 spiro atoms. The van der Waals surface area contributed by atoms with Gasteiger partial charge in [-0.05, 0) is 24.9 Å². The van der Waals surface area contributed by atoms with Crippen LogP contribution in [0.15, 0.2) is 0 Å². The van der Waals surface area contributed by atoms with Crippen molar-refractivity contribution in [2.24, 2.45) is 5.73 Å². The highest BCUT2D eigenvalue weighted by molar-refractivity contribution is 7.98. The molecule has 0 rings (SSSR count). The van der Waals surface area contributed by atoms with E-state index >= 15 is 0 Å². The van der Waals surface area contributed by atoms with Crippen LogP contribution in [0.4, 0.5) is 0 Å². The van der Waals surface area contributed by atoms with Crippen molar-refractivity contribution in [2.45, 2.75) is 18.9 Å². The van der Waals surface area contributed by atoms with E-state index in [0.717, 1.165) is 12.2 Å². The van der Waals surface area contributed by atoms with Crippen LogP contribution in [0.1, 0.15) is 12.8 Å². The fraction of sp³-hybridized carbons (Fsp3) is 0.909. The van der Waals surface area contributed by atoms with Gasteiger partial charge in [-0.1, -0.05) is 0 Å². The van der Waals surface area contributed by atoms with Crippen LogP contribution in [-0.4, -0.2) is 57.6 Å². The zero-order chi connectivity index (χ0) is 12.9. The van der Waals surface area contributed by atoms with Crippen molar-refractivity contribution < 1.29 is 19.0 Å². The topological polar surface area (TPSA) is 70.8 Å². The van der Waals surface area contributed by atoms with Crippen LogP contribution in [0.2, 0.25) is 0 Å². The zero-order valence-electron chi connectivity index (χ0n) is 10.6. The Labute approximate surface area is 107 Å². The van der Waals surface area contributed by atoms with E-state index in [1.54, 1.807) is 18.9 Å². The van der Waals surface area contributed by atoms with Gasteiger partial charge < -0.3 is 19.9 Å². The first-order chi connectivity index (χ1) is 8.22. The first-order valence-electron chi connectivity index (χ1n) is 5.70. The normalized spacial score (nSPS) is 12.4. The van der Waals surface area contributed by atoms with Crippen molar-refractivity contribution in [3.8, 4) is 0 Å². The van der Waals surface area contributed by atoms with E-state index in [0.29, 0.717) is 26.2 Å². The minimum Gasteiger partial charge on any atom is -0.462 e. The third-order valence-corrected chi connectivity index (χ3v) is 2.69. The van der Waals surface area contributed by atoms with Crippen LogP contribution >= 0.6 is 11.8 Å². The summed E-state index contributed by atoms with van der Waals surface area (Å²) in [6.07, 6.45) is 3.47. The highest BCUT2D eigenvalue weighted by atomic mass is 32.2. The number of esters is 1. The van der Waals surface area contributed by atoms with Crippen molar-refractivity contribution in [1.82, 2.24) is 0 Å². The summed E-state index contributed by atoms with van der Waals surface area (Å²) >= 11 is 1.66. The molecule has 0 unspecified atom stereocenters. The molecule has 0 aromatic heterocycles. The molecule has 0 fully saturated rings. The van der Waals surface area contributed by atoms with Crippen molar-refractivity contribution in [3.05, 3.63) is 0 Å². The molecule has 0 aliphatic heterocycles. The first kappa shape index (κ1) is 16.7. The van der Waals surface area contributed by atoms with E-state index < -0.39 is 6.04 Å². The van der Waals surface area contributed by atoms with Crippen molar-refractivity contribution >= 4 is 17.7 Å². The SMILES string of the molecule is COCCCOCCOC(=O)[C@H](N)CCSC. The second-order valence-corrected chi connectivity index (χ2v) is 4.50. The molecule has 1 atom stereocenters. The van der Waals surface area contributed by atoms with E-state index in [4.69, 9.17) is 19.9 Å². The summed E-state index contributed by atoms with van der Waals surface area (Å²) in [5.74, 6) is 0.517. The fourth-order valence-corrected chi connectivity index (χ4v) is 1.57. The van der Waals surface area contributed by atoms with E-state index in [2.05, 4.69) is 0 Å². The molecule has 2 N–H and O–H groups in total. The highest BCUT2D eigenvalue weighted by Gasteiger charge is 2.13. The average Bonchev–Trinajstić information content (AvgIpc) is 2.34. The van der Waals surface area contributed by atoms with Crippen LogP contribution < -0.4 is 5.73 Å². The zero-order valence-corrected chi connectivity index (χ0v) is 11.5. The van der Waals surface area contributed by atoms with Crippen molar-refractivity contribution in [1.29, 1.82) is 0 Å². The maximum absolute atomic E-state index is 11.4. The van der Waals surface area contributed by atoms with Gasteiger partial charge in [0.05, 0.1) is 6.61 Å². The average molecular weight is 265 g/mol. The molecule has 6 heteroatoms. The number of hydrogen-bond donors (Lipinski definition) is 1. The summed E-state index contributed by atoms with van der Waals surface area (Å²) in [6, 6.07) is -0.518. The molecule has 0 amide bonds. The second-order valence-electron chi connectivity index (χ2n) is 3.51. The van der Waals surface area contributed by atoms with Crippen LogP contribution in [0.3, 0.4) is 0 Å². The molecular weight excluding hydrogens is 242 g/mol. The molecule has 0 saturated heterocycles. The van der Waals surface area contributed by atoms with Crippen molar-refractivity contribution in [2.75, 3.05) is 45.5 Å². The van der Waals surface area contributed by atoms with Crippen LogP contribution in [0.25, 0.3) is 0 Å². The molecule has 0 bridgehead atoms. The number of methoxy groups -OCH3 is 1. The third-order valence-electron chi connectivity index (χ3n) is 2.04. The molecule has 17 heavy (non-hydrogen) atoms. The van der Waals surface area contributed by atoms with E-state index in [1.165, 1.54) is 0 Å². The lowest BCUT2D eigenvalue weighted by Crippen LogP contribution is -2.33. The smallest absolute Gasteiger partial charge is 0.323 e. The summed E-state index contributed by atoms with van der Waals surface area (Å²) < 4.78 is 15.1. The van der Waals surface area contributed by atoms with Gasteiger partial charge >= 0.3 is 5.97 Å². The molecule has 0 aliphatic rings. The summed E-state index contributed by atoms with van der Waals surface area (Å²) in [6.45, 7) is 1.97. The standard InChI is InChI=1S/C11H23NO4S/c1-14-5-3-6-15-7-8-16-11(13)10(12)4-9-17-2/h10H,3-9,12H2,1-2H3/t10-/m1/s1. The molecule has 0 aromatic rings. The molecule has 0 heterocycles. The lowest BCUT2D eigenvalue weighted by Gasteiger charge is -2.10. The summed E-state index contributed by atoms with van der Waals surface area (Å²) in [4.78, 5) is 11.4. The Kier molecular flexibility index (Phi) is 12.0. The number of carbonyl (C=O) groups is 1. The predicted octanol–water partition coefficient (Wildman–Crippen LogP) is 0.663. The quantitative estimate of drug-likeness (QED) is 0.437. The Morgan fingerprint density at radius 2 is 2.06 bits per heavy atom. The van der Waals surface area contributed by atoms with Gasteiger partial charge in [0, 0.05) is 20.3 Å². The molecule has 0 aliphatic carbocycles. The number of hydrogen-bond acceptors (Lipinski definition) is 6. The van der Waals surface area contributed by atoms with Gasteiger partial charge in [0.25, 0.3) is 0 Å². The maximum Gasteiger partial charge on any atom is 0.323 e. The highest BCUT2D eigenvalue weighted by Crippen LogP contribution is 2.00. The minimum absolute atomic E-state index is 0.263. The van der Waals surface area contributed by atoms with Gasteiger partial charge in [0.15, 0.2) is 0 Å². The van der Waals surface area contributed by atoms with Crippen LogP contribution in [0.5, 0.6) is 0 Å². The summed E-state index contributed by atoms with van der Waals surface area (Å²) in [5.41, 5.74) is 5.64. The van der Waals surface area contributed by atoms with E-state index in [1.807, 2.05) is 6.26 Å². The number of ether oxygens (including phenoxy) is 3. The Morgan fingerprint density at radius 3 is 2.71 bits per heavy atom. The number of thioether (sulfide) groups is 1. The molecule has 5 nitrogen and oxygen atoms in total. The van der Waals surface area contributed by atoms with E-state index in [9.17, 15) is 4.79 Å². The van der Waals surface area contributed by atoms with Gasteiger partial charge in [0.2, 0.25) is 0 Å². The lowest BCUT2D eigenvalue weighted by molar-refractivity contribution is -0.146. The third kappa shape index (κ3) is 10.6. The maximum atomic E-state index is 11.4. The Bertz CT molecular complexity index is 192. The number of carbonyl (C=O) groups excluding carboxylic acids is 1. The molecule has 0 aromatic carbocycles. The van der Waals surface area contributed by atoms with Crippen LogP contribution in [0, 0.1) is 0 Å². The number of nitrogens with two attached hydrogens (primary N) is 1. The molecule has 0 radical (unpaired) electrons. The van der Waals surface area contributed by atoms with Gasteiger partial charge in [-0.15, -0.1) is 0 Å². The fourth-order valence-electron chi connectivity index (χ4n) is 1.08. The lowest BCUT2D eigenvalue weighted by atomic mass is 10.2. The van der Waals surface area contributed by atoms with Gasteiger partial charge in [-0.2, -0.15) is 11.8 Å². The summed E-state index contributed by atoms with van der Waals surface area (Å²) in [7, 11) is 1.65. The Balaban J connectivity index is 3.32. The first-order valence-corrected chi connectivity index (χ1v) is 7.09. The Morgan fingerprint density at radius 1 is 1.29 bits per heavy atom. The monoisotopic (exact) mass is 265 g/mol. The minimum atomic E-state index is -0.518. The molecule has 0 saturated carbocycles. The van der Waals surface area contributed by atoms with E-state index in [-0.39, 0.29) is 12.6 Å². The second kappa shape index (κ2) is 12.2. The Hall–Kier alpha value is -0.300. The van der Waals surface area contributed by atoms with Crippen LogP contribution in [-0.2, 0) is 19.0 Å². The van der Waals surface area contributed by atoms with Gasteiger partial charge in [-0.3, -0.25) is 4.79 Å². The summed E-state index contributed by atoms with van der Waals surface area (Å²) in [5, 5.41) is 0. The number of rotatable bonds is 11.